The van der Waals surface area contributed by atoms with Crippen LogP contribution < -0.4 is 5.56 Å². The Morgan fingerprint density at radius 3 is 2.33 bits per heavy atom. The first-order valence-corrected chi connectivity index (χ1v) is 7.10. The molecule has 1 aliphatic rings. The first-order valence-electron chi connectivity index (χ1n) is 7.10. The summed E-state index contributed by atoms with van der Waals surface area (Å²) in [5.74, 6) is -0.0935. The van der Waals surface area contributed by atoms with E-state index in [0.717, 1.165) is 5.69 Å². The van der Waals surface area contributed by atoms with Crippen molar-refractivity contribution >= 4 is 11.8 Å². The summed E-state index contributed by atoms with van der Waals surface area (Å²) in [6, 6.07) is 1.46. The molecule has 0 radical (unpaired) electrons. The summed E-state index contributed by atoms with van der Waals surface area (Å²) < 4.78 is 1.32. The second-order valence-corrected chi connectivity index (χ2v) is 5.09. The molecule has 2 rings (SSSR count). The normalized spacial score (nSPS) is 15.1. The van der Waals surface area contributed by atoms with Gasteiger partial charge in [-0.05, 0) is 6.42 Å². The molecule has 1 aromatic heterocycles. The van der Waals surface area contributed by atoms with E-state index in [1.54, 1.807) is 9.80 Å². The van der Waals surface area contributed by atoms with Gasteiger partial charge in [0.05, 0.1) is 6.33 Å². The highest BCUT2D eigenvalue weighted by Crippen LogP contribution is 2.03. The minimum Gasteiger partial charge on any atom is -0.339 e. The number of amides is 2. The SMILES string of the molecule is CCc1cc(=O)n(CC(=O)N2CCN(C(C)=O)CC2)cn1. The smallest absolute Gasteiger partial charge is 0.253 e. The van der Waals surface area contributed by atoms with Crippen LogP contribution in [0.3, 0.4) is 0 Å². The zero-order chi connectivity index (χ0) is 15.4. The van der Waals surface area contributed by atoms with Gasteiger partial charge in [-0.3, -0.25) is 19.0 Å². The Hall–Kier alpha value is -2.18. The summed E-state index contributed by atoms with van der Waals surface area (Å²) in [5, 5.41) is 0. The summed E-state index contributed by atoms with van der Waals surface area (Å²) in [7, 11) is 0. The van der Waals surface area contributed by atoms with Gasteiger partial charge < -0.3 is 9.80 Å². The van der Waals surface area contributed by atoms with E-state index < -0.39 is 0 Å². The van der Waals surface area contributed by atoms with Gasteiger partial charge in [0, 0.05) is 44.9 Å². The van der Waals surface area contributed by atoms with Gasteiger partial charge in [0.1, 0.15) is 6.54 Å². The summed E-state index contributed by atoms with van der Waals surface area (Å²) >= 11 is 0. The zero-order valence-electron chi connectivity index (χ0n) is 12.4. The summed E-state index contributed by atoms with van der Waals surface area (Å²) in [4.78, 5) is 42.8. The molecule has 2 amide bonds. The van der Waals surface area contributed by atoms with Gasteiger partial charge in [-0.2, -0.15) is 0 Å². The van der Waals surface area contributed by atoms with Crippen LogP contribution in [0.2, 0.25) is 0 Å². The van der Waals surface area contributed by atoms with Crippen molar-refractivity contribution in [1.82, 2.24) is 19.4 Å². The van der Waals surface area contributed by atoms with Crippen LogP contribution in [0.4, 0.5) is 0 Å². The van der Waals surface area contributed by atoms with Gasteiger partial charge in [-0.15, -0.1) is 0 Å². The summed E-state index contributed by atoms with van der Waals surface area (Å²) in [6.07, 6.45) is 2.11. The maximum Gasteiger partial charge on any atom is 0.253 e. The number of piperazine rings is 1. The summed E-state index contributed by atoms with van der Waals surface area (Å²) in [6.45, 7) is 5.55. The molecule has 0 bridgehead atoms. The predicted octanol–water partition coefficient (Wildman–Crippen LogP) is -0.504. The minimum atomic E-state index is -0.211. The minimum absolute atomic E-state index is 0.00407. The Morgan fingerprint density at radius 2 is 1.81 bits per heavy atom. The molecule has 1 saturated heterocycles. The maximum absolute atomic E-state index is 12.2. The highest BCUT2D eigenvalue weighted by Gasteiger charge is 2.22. The Kier molecular flexibility index (Phi) is 4.72. The molecule has 114 valence electrons. The van der Waals surface area contributed by atoms with Crippen molar-refractivity contribution in [3.05, 3.63) is 28.4 Å². The topological polar surface area (TPSA) is 75.5 Å². The monoisotopic (exact) mass is 292 g/mol. The van der Waals surface area contributed by atoms with Gasteiger partial charge in [-0.25, -0.2) is 4.98 Å². The van der Waals surface area contributed by atoms with Crippen LogP contribution in [-0.4, -0.2) is 57.3 Å². The molecular weight excluding hydrogens is 272 g/mol. The lowest BCUT2D eigenvalue weighted by Gasteiger charge is -2.34. The van der Waals surface area contributed by atoms with Crippen LogP contribution in [-0.2, 0) is 22.6 Å². The fourth-order valence-corrected chi connectivity index (χ4v) is 2.29. The van der Waals surface area contributed by atoms with E-state index in [0.29, 0.717) is 32.6 Å². The maximum atomic E-state index is 12.2. The van der Waals surface area contributed by atoms with E-state index in [2.05, 4.69) is 4.98 Å². The Morgan fingerprint density at radius 1 is 1.19 bits per heavy atom. The van der Waals surface area contributed by atoms with E-state index in [-0.39, 0.29) is 23.9 Å². The van der Waals surface area contributed by atoms with Crippen LogP contribution in [0.15, 0.2) is 17.2 Å². The molecule has 2 heterocycles. The second-order valence-electron chi connectivity index (χ2n) is 5.09. The Bertz CT molecular complexity index is 588. The standard InChI is InChI=1S/C14H20N4O3/c1-3-12-8-13(20)18(10-15-12)9-14(21)17-6-4-16(5-7-17)11(2)19/h8,10H,3-7,9H2,1-2H3. The Labute approximate surface area is 123 Å². The number of carbonyl (C=O) groups excluding carboxylic acids is 2. The van der Waals surface area contributed by atoms with E-state index >= 15 is 0 Å². The van der Waals surface area contributed by atoms with Crippen molar-refractivity contribution in [3.8, 4) is 0 Å². The van der Waals surface area contributed by atoms with Crippen LogP contribution >= 0.6 is 0 Å². The van der Waals surface area contributed by atoms with E-state index in [1.165, 1.54) is 23.9 Å². The van der Waals surface area contributed by atoms with Crippen LogP contribution in [0.1, 0.15) is 19.5 Å². The number of hydrogen-bond acceptors (Lipinski definition) is 4. The molecule has 0 aromatic carbocycles. The quantitative estimate of drug-likeness (QED) is 0.752. The van der Waals surface area contributed by atoms with Crippen LogP contribution in [0.5, 0.6) is 0 Å². The molecule has 7 nitrogen and oxygen atoms in total. The van der Waals surface area contributed by atoms with Crippen LogP contribution in [0.25, 0.3) is 0 Å². The Balaban J connectivity index is 1.96. The highest BCUT2D eigenvalue weighted by molar-refractivity contribution is 5.77. The first-order chi connectivity index (χ1) is 10.0. The molecule has 21 heavy (non-hydrogen) atoms. The van der Waals surface area contributed by atoms with Gasteiger partial charge >= 0.3 is 0 Å². The molecule has 7 heteroatoms. The van der Waals surface area contributed by atoms with Crippen molar-refractivity contribution in [3.63, 3.8) is 0 Å². The van der Waals surface area contributed by atoms with Gasteiger partial charge in [0.2, 0.25) is 11.8 Å². The number of aromatic nitrogens is 2. The van der Waals surface area contributed by atoms with Crippen molar-refractivity contribution in [2.24, 2.45) is 0 Å². The summed E-state index contributed by atoms with van der Waals surface area (Å²) in [5.41, 5.74) is 0.511. The predicted molar refractivity (Wildman–Crippen MR) is 76.7 cm³/mol. The van der Waals surface area contributed by atoms with Crippen molar-refractivity contribution < 1.29 is 9.59 Å². The fourth-order valence-electron chi connectivity index (χ4n) is 2.29. The molecule has 0 spiro atoms. The number of nitrogens with zero attached hydrogens (tertiary/aromatic N) is 4. The average molecular weight is 292 g/mol. The van der Waals surface area contributed by atoms with Crippen molar-refractivity contribution in [2.75, 3.05) is 26.2 Å². The second kappa shape index (κ2) is 6.51. The lowest BCUT2D eigenvalue weighted by atomic mass is 10.3. The third-order valence-electron chi connectivity index (χ3n) is 3.68. The van der Waals surface area contributed by atoms with Gasteiger partial charge in [0.25, 0.3) is 5.56 Å². The molecule has 0 N–H and O–H groups in total. The van der Waals surface area contributed by atoms with Crippen molar-refractivity contribution in [1.29, 1.82) is 0 Å². The fraction of sp³-hybridized carbons (Fsp3) is 0.571. The first kappa shape index (κ1) is 15.2. The average Bonchev–Trinajstić information content (AvgIpc) is 2.49. The number of carbonyl (C=O) groups is 2. The molecule has 0 aliphatic carbocycles. The third-order valence-corrected chi connectivity index (χ3v) is 3.68. The number of hydrogen-bond donors (Lipinski definition) is 0. The number of rotatable bonds is 3. The lowest BCUT2D eigenvalue weighted by Crippen LogP contribution is -2.51. The lowest BCUT2D eigenvalue weighted by molar-refractivity contribution is -0.138. The van der Waals surface area contributed by atoms with Gasteiger partial charge in [-0.1, -0.05) is 6.92 Å². The largest absolute Gasteiger partial charge is 0.339 e. The van der Waals surface area contributed by atoms with E-state index in [1.807, 2.05) is 6.92 Å². The molecule has 0 unspecified atom stereocenters. The molecule has 1 aromatic rings. The molecular formula is C14H20N4O3. The van der Waals surface area contributed by atoms with E-state index in [4.69, 9.17) is 0 Å². The van der Waals surface area contributed by atoms with Crippen molar-refractivity contribution in [2.45, 2.75) is 26.8 Å². The van der Waals surface area contributed by atoms with Gasteiger partial charge in [0.15, 0.2) is 0 Å². The molecule has 0 atom stereocenters. The highest BCUT2D eigenvalue weighted by atomic mass is 16.2. The van der Waals surface area contributed by atoms with E-state index in [9.17, 15) is 14.4 Å². The third kappa shape index (κ3) is 3.68. The zero-order valence-corrected chi connectivity index (χ0v) is 12.4. The molecule has 0 saturated carbocycles. The van der Waals surface area contributed by atoms with Crippen LogP contribution in [0, 0.1) is 0 Å². The number of aryl methyl sites for hydroxylation is 1. The molecule has 1 aliphatic heterocycles. The molecule has 1 fully saturated rings.